The van der Waals surface area contributed by atoms with Crippen molar-refractivity contribution in [1.29, 1.82) is 5.26 Å². The van der Waals surface area contributed by atoms with E-state index in [1.54, 1.807) is 11.1 Å². The molecule has 2 aromatic heterocycles. The van der Waals surface area contributed by atoms with Gasteiger partial charge in [-0.15, -0.1) is 0 Å². The van der Waals surface area contributed by atoms with E-state index in [2.05, 4.69) is 28.3 Å². The number of aromatic nitrogens is 2. The van der Waals surface area contributed by atoms with Crippen LogP contribution in [0.25, 0.3) is 11.0 Å². The van der Waals surface area contributed by atoms with Crippen molar-refractivity contribution in [2.75, 3.05) is 19.6 Å². The molecule has 0 spiro atoms. The molecule has 1 unspecified atom stereocenters. The molecule has 0 saturated heterocycles. The third-order valence-electron chi connectivity index (χ3n) is 4.57. The monoisotopic (exact) mass is 337 g/mol. The summed E-state index contributed by atoms with van der Waals surface area (Å²) in [7, 11) is 0. The molecule has 1 atom stereocenters. The van der Waals surface area contributed by atoms with Crippen molar-refractivity contribution in [2.45, 2.75) is 32.1 Å². The Morgan fingerprint density at radius 1 is 1.44 bits per heavy atom. The molecule has 6 nitrogen and oxygen atoms in total. The van der Waals surface area contributed by atoms with Gasteiger partial charge in [-0.3, -0.25) is 4.79 Å². The van der Waals surface area contributed by atoms with Crippen LogP contribution in [0.15, 0.2) is 36.3 Å². The van der Waals surface area contributed by atoms with Gasteiger partial charge in [0.1, 0.15) is 5.65 Å². The average Bonchev–Trinajstić information content (AvgIpc) is 3.30. The summed E-state index contributed by atoms with van der Waals surface area (Å²) in [4.78, 5) is 22.0. The van der Waals surface area contributed by atoms with Crippen LogP contribution in [-0.4, -0.2) is 40.4 Å². The van der Waals surface area contributed by atoms with Gasteiger partial charge in [-0.2, -0.15) is 5.26 Å². The molecule has 0 saturated carbocycles. The summed E-state index contributed by atoms with van der Waals surface area (Å²) in [6.45, 7) is 3.97. The summed E-state index contributed by atoms with van der Waals surface area (Å²) in [5.74, 6) is 0.134. The van der Waals surface area contributed by atoms with Gasteiger partial charge in [0.15, 0.2) is 0 Å². The first-order valence-corrected chi connectivity index (χ1v) is 8.78. The highest BCUT2D eigenvalue weighted by atomic mass is 16.2. The molecule has 6 heteroatoms. The molecule has 1 amide bonds. The van der Waals surface area contributed by atoms with Gasteiger partial charge in [0.25, 0.3) is 5.91 Å². The van der Waals surface area contributed by atoms with Gasteiger partial charge >= 0.3 is 0 Å². The number of carbonyl (C=O) groups excluding carboxylic acids is 1. The number of nitrogens with zero attached hydrogens (tertiary/aromatic N) is 3. The Hall–Kier alpha value is -2.81. The summed E-state index contributed by atoms with van der Waals surface area (Å²) in [5, 5.41) is 13.2. The third kappa shape index (κ3) is 3.66. The Balaban J connectivity index is 1.78. The zero-order valence-electron chi connectivity index (χ0n) is 14.5. The van der Waals surface area contributed by atoms with Crippen LogP contribution in [0.3, 0.4) is 0 Å². The van der Waals surface area contributed by atoms with E-state index in [4.69, 9.17) is 5.26 Å². The molecule has 130 valence electrons. The smallest absolute Gasteiger partial charge is 0.269 e. The number of nitriles is 1. The van der Waals surface area contributed by atoms with Crippen LogP contribution < -0.4 is 5.32 Å². The summed E-state index contributed by atoms with van der Waals surface area (Å²) < 4.78 is 0. The molecule has 2 aromatic rings. The van der Waals surface area contributed by atoms with Crippen molar-refractivity contribution < 1.29 is 4.79 Å². The second-order valence-corrected chi connectivity index (χ2v) is 6.26. The van der Waals surface area contributed by atoms with Crippen molar-refractivity contribution in [1.82, 2.24) is 20.2 Å². The van der Waals surface area contributed by atoms with Crippen LogP contribution in [0.2, 0.25) is 0 Å². The molecule has 0 fully saturated rings. The second-order valence-electron chi connectivity index (χ2n) is 6.26. The maximum atomic E-state index is 12.8. The van der Waals surface area contributed by atoms with Crippen molar-refractivity contribution in [3.8, 4) is 6.07 Å². The first-order chi connectivity index (χ1) is 12.2. The van der Waals surface area contributed by atoms with Gasteiger partial charge in [-0.05, 0) is 30.2 Å². The van der Waals surface area contributed by atoms with E-state index in [9.17, 15) is 4.79 Å². The lowest BCUT2D eigenvalue weighted by atomic mass is 9.98. The zero-order valence-corrected chi connectivity index (χ0v) is 14.5. The fourth-order valence-electron chi connectivity index (χ4n) is 3.21. The summed E-state index contributed by atoms with van der Waals surface area (Å²) in [6, 6.07) is 6.16. The Morgan fingerprint density at radius 2 is 2.32 bits per heavy atom. The highest BCUT2D eigenvalue weighted by Gasteiger charge is 2.26. The average molecular weight is 337 g/mol. The molecule has 3 heterocycles. The van der Waals surface area contributed by atoms with Gasteiger partial charge in [0.2, 0.25) is 0 Å². The van der Waals surface area contributed by atoms with Crippen molar-refractivity contribution in [3.05, 3.63) is 41.9 Å². The molecule has 3 rings (SSSR count). The van der Waals surface area contributed by atoms with Gasteiger partial charge in [-0.1, -0.05) is 13.3 Å². The minimum absolute atomic E-state index is 0.00873. The van der Waals surface area contributed by atoms with E-state index in [0.717, 1.165) is 23.9 Å². The van der Waals surface area contributed by atoms with Crippen LogP contribution in [-0.2, 0) is 4.79 Å². The predicted molar refractivity (Wildman–Crippen MR) is 96.6 cm³/mol. The lowest BCUT2D eigenvalue weighted by Crippen LogP contribution is -2.36. The SMILES string of the molecule is CCCCN(CCC#N)C(=O)C1=CC(c2ccnc3[nH]ccc23)CN1. The number of hydrogen-bond acceptors (Lipinski definition) is 4. The summed E-state index contributed by atoms with van der Waals surface area (Å²) in [6.07, 6.45) is 8.02. The number of rotatable bonds is 7. The van der Waals surface area contributed by atoms with Crippen molar-refractivity contribution in [2.24, 2.45) is 0 Å². The van der Waals surface area contributed by atoms with Gasteiger partial charge in [0.05, 0.1) is 18.2 Å². The molecular weight excluding hydrogens is 314 g/mol. The summed E-state index contributed by atoms with van der Waals surface area (Å²) in [5.41, 5.74) is 2.67. The van der Waals surface area contributed by atoms with Crippen molar-refractivity contribution >= 4 is 16.9 Å². The Bertz CT molecular complexity index is 817. The van der Waals surface area contributed by atoms with Crippen molar-refractivity contribution in [3.63, 3.8) is 0 Å². The quantitative estimate of drug-likeness (QED) is 0.813. The van der Waals surface area contributed by atoms with E-state index in [0.29, 0.717) is 31.8 Å². The van der Waals surface area contributed by atoms with E-state index in [1.165, 1.54) is 5.56 Å². The zero-order chi connectivity index (χ0) is 17.6. The van der Waals surface area contributed by atoms with Crippen LogP contribution in [0.4, 0.5) is 0 Å². The maximum absolute atomic E-state index is 12.8. The number of pyridine rings is 1. The minimum Gasteiger partial charge on any atom is -0.380 e. The van der Waals surface area contributed by atoms with Gasteiger partial charge in [-0.25, -0.2) is 4.98 Å². The van der Waals surface area contributed by atoms with Crippen LogP contribution in [0, 0.1) is 11.3 Å². The molecule has 1 aliphatic heterocycles. The number of fused-ring (bicyclic) bond motifs is 1. The van der Waals surface area contributed by atoms with Crippen LogP contribution in [0.5, 0.6) is 0 Å². The third-order valence-corrected chi connectivity index (χ3v) is 4.57. The number of unbranched alkanes of at least 4 members (excludes halogenated alkanes) is 1. The highest BCUT2D eigenvalue weighted by molar-refractivity contribution is 5.94. The largest absolute Gasteiger partial charge is 0.380 e. The van der Waals surface area contributed by atoms with E-state index < -0.39 is 0 Å². The molecule has 0 radical (unpaired) electrons. The highest BCUT2D eigenvalue weighted by Crippen LogP contribution is 2.28. The standard InChI is InChI=1S/C19H23N5O/c1-2-3-10-24(11-4-7-20)19(25)17-12-14(13-23-17)15-5-8-21-18-16(15)6-9-22-18/h5-6,8-9,12,14,23H,2-4,10-11,13H2,1H3,(H,21,22). The van der Waals surface area contributed by atoms with E-state index in [1.807, 2.05) is 24.4 Å². The molecule has 25 heavy (non-hydrogen) atoms. The lowest BCUT2D eigenvalue weighted by molar-refractivity contribution is -0.127. The van der Waals surface area contributed by atoms with Gasteiger partial charge < -0.3 is 15.2 Å². The first-order valence-electron chi connectivity index (χ1n) is 8.78. The lowest BCUT2D eigenvalue weighted by Gasteiger charge is -2.22. The molecule has 2 N–H and O–H groups in total. The fraction of sp³-hybridized carbons (Fsp3) is 0.421. The van der Waals surface area contributed by atoms with E-state index in [-0.39, 0.29) is 11.8 Å². The topological polar surface area (TPSA) is 84.8 Å². The second kappa shape index (κ2) is 7.84. The molecular formula is C19H23N5O. The molecule has 0 bridgehead atoms. The Kier molecular flexibility index (Phi) is 5.34. The number of H-pyrrole nitrogens is 1. The molecule has 0 aliphatic carbocycles. The van der Waals surface area contributed by atoms with E-state index >= 15 is 0 Å². The van der Waals surface area contributed by atoms with Crippen LogP contribution >= 0.6 is 0 Å². The van der Waals surface area contributed by atoms with Crippen LogP contribution in [0.1, 0.15) is 37.7 Å². The molecule has 1 aliphatic rings. The normalized spacial score (nSPS) is 16.3. The number of aromatic amines is 1. The Morgan fingerprint density at radius 3 is 3.12 bits per heavy atom. The maximum Gasteiger partial charge on any atom is 0.269 e. The summed E-state index contributed by atoms with van der Waals surface area (Å²) >= 11 is 0. The first kappa shape index (κ1) is 17.0. The predicted octanol–water partition coefficient (Wildman–Crippen LogP) is 2.68. The Labute approximate surface area is 147 Å². The fourth-order valence-corrected chi connectivity index (χ4v) is 3.21. The minimum atomic E-state index is -0.00873. The number of hydrogen-bond donors (Lipinski definition) is 2. The number of amides is 1. The number of carbonyl (C=O) groups is 1. The molecule has 0 aromatic carbocycles. The van der Waals surface area contributed by atoms with Gasteiger partial charge in [0, 0.05) is 43.3 Å². The number of nitrogens with one attached hydrogen (secondary N) is 2.